The van der Waals surface area contributed by atoms with Crippen LogP contribution in [0.1, 0.15) is 12.5 Å². The average molecular weight is 371 g/mol. The molecule has 0 N–H and O–H groups in total. The zero-order valence-corrected chi connectivity index (χ0v) is 16.0. The number of carbonyl (C=O) groups is 2. The summed E-state index contributed by atoms with van der Waals surface area (Å²) in [6.07, 6.45) is 3.12. The van der Waals surface area contributed by atoms with Gasteiger partial charge in [-0.1, -0.05) is 12.1 Å². The summed E-state index contributed by atoms with van der Waals surface area (Å²) in [5.74, 6) is 0.750. The van der Waals surface area contributed by atoms with Gasteiger partial charge in [-0.25, -0.2) is 4.79 Å². The van der Waals surface area contributed by atoms with Gasteiger partial charge in [0.05, 0.1) is 25.2 Å². The molecular formula is C19H25N5O3. The molecule has 1 aromatic heterocycles. The van der Waals surface area contributed by atoms with Crippen molar-refractivity contribution in [3.05, 3.63) is 42.2 Å². The second kappa shape index (κ2) is 8.22. The minimum Gasteiger partial charge on any atom is -0.497 e. The quantitative estimate of drug-likeness (QED) is 0.817. The number of amides is 2. The van der Waals surface area contributed by atoms with Crippen molar-refractivity contribution in [2.75, 3.05) is 45.2 Å². The highest BCUT2D eigenvalue weighted by molar-refractivity contribution is 5.91. The fraction of sp³-hybridized carbons (Fsp3) is 0.421. The predicted octanol–water partition coefficient (Wildman–Crippen LogP) is 1.66. The molecule has 0 aliphatic carbocycles. The molecule has 0 bridgehead atoms. The SMILES string of the molecule is COc1cccc(CN2CCN(C(=O)n3cc(N(C)C(C)=O)cn3)CC2)c1. The van der Waals surface area contributed by atoms with Gasteiger partial charge in [0.1, 0.15) is 5.75 Å². The minimum absolute atomic E-state index is 0.104. The largest absolute Gasteiger partial charge is 0.497 e. The predicted molar refractivity (Wildman–Crippen MR) is 102 cm³/mol. The zero-order chi connectivity index (χ0) is 19.4. The van der Waals surface area contributed by atoms with Crippen molar-refractivity contribution in [3.8, 4) is 5.75 Å². The van der Waals surface area contributed by atoms with Gasteiger partial charge in [-0.05, 0) is 17.7 Å². The lowest BCUT2D eigenvalue weighted by Gasteiger charge is -2.34. The molecule has 1 aliphatic rings. The van der Waals surface area contributed by atoms with E-state index in [0.29, 0.717) is 18.8 Å². The number of benzene rings is 1. The van der Waals surface area contributed by atoms with Crippen LogP contribution in [0.5, 0.6) is 5.75 Å². The number of hydrogen-bond acceptors (Lipinski definition) is 5. The molecule has 1 aromatic carbocycles. The summed E-state index contributed by atoms with van der Waals surface area (Å²) in [5.41, 5.74) is 1.80. The van der Waals surface area contributed by atoms with Crippen LogP contribution in [0.2, 0.25) is 0 Å². The fourth-order valence-electron chi connectivity index (χ4n) is 3.04. The number of ether oxygens (including phenoxy) is 1. The third-order valence-electron chi connectivity index (χ3n) is 4.81. The lowest BCUT2D eigenvalue weighted by molar-refractivity contribution is -0.116. The van der Waals surface area contributed by atoms with Crippen LogP contribution in [0.25, 0.3) is 0 Å². The molecule has 2 aromatic rings. The molecule has 1 fully saturated rings. The van der Waals surface area contributed by atoms with Gasteiger partial charge >= 0.3 is 6.03 Å². The second-order valence-electron chi connectivity index (χ2n) is 6.62. The normalized spacial score (nSPS) is 14.9. The monoisotopic (exact) mass is 371 g/mol. The third-order valence-corrected chi connectivity index (χ3v) is 4.81. The Kier molecular flexibility index (Phi) is 5.75. The standard InChI is InChI=1S/C19H25N5O3/c1-15(25)21(2)17-12-20-24(14-17)19(26)23-9-7-22(8-10-23)13-16-5-4-6-18(11-16)27-3/h4-6,11-12,14H,7-10,13H2,1-3H3. The van der Waals surface area contributed by atoms with E-state index in [2.05, 4.69) is 16.1 Å². The van der Waals surface area contributed by atoms with E-state index in [-0.39, 0.29) is 11.9 Å². The molecular weight excluding hydrogens is 346 g/mol. The van der Waals surface area contributed by atoms with Crippen LogP contribution >= 0.6 is 0 Å². The Morgan fingerprint density at radius 2 is 1.96 bits per heavy atom. The Balaban J connectivity index is 1.55. The summed E-state index contributed by atoms with van der Waals surface area (Å²) >= 11 is 0. The Morgan fingerprint density at radius 3 is 2.63 bits per heavy atom. The lowest BCUT2D eigenvalue weighted by atomic mass is 10.2. The molecule has 0 unspecified atom stereocenters. The molecule has 0 radical (unpaired) electrons. The molecule has 3 rings (SSSR count). The third kappa shape index (κ3) is 4.46. The van der Waals surface area contributed by atoms with E-state index in [1.807, 2.05) is 18.2 Å². The molecule has 1 saturated heterocycles. The summed E-state index contributed by atoms with van der Waals surface area (Å²) in [5, 5.41) is 4.10. The van der Waals surface area contributed by atoms with Crippen molar-refractivity contribution >= 4 is 17.6 Å². The van der Waals surface area contributed by atoms with Crippen LogP contribution in [0.4, 0.5) is 10.5 Å². The van der Waals surface area contributed by atoms with E-state index in [1.54, 1.807) is 25.3 Å². The van der Waals surface area contributed by atoms with Gasteiger partial charge in [-0.15, -0.1) is 0 Å². The molecule has 2 amide bonds. The van der Waals surface area contributed by atoms with E-state index in [1.165, 1.54) is 28.3 Å². The van der Waals surface area contributed by atoms with Gasteiger partial charge < -0.3 is 14.5 Å². The van der Waals surface area contributed by atoms with Crippen molar-refractivity contribution in [2.45, 2.75) is 13.5 Å². The first-order valence-electron chi connectivity index (χ1n) is 8.91. The van der Waals surface area contributed by atoms with Crippen molar-refractivity contribution < 1.29 is 14.3 Å². The molecule has 27 heavy (non-hydrogen) atoms. The molecule has 8 nitrogen and oxygen atoms in total. The highest BCUT2D eigenvalue weighted by Gasteiger charge is 2.23. The molecule has 1 aliphatic heterocycles. The first kappa shape index (κ1) is 18.9. The van der Waals surface area contributed by atoms with Crippen molar-refractivity contribution in [1.82, 2.24) is 19.6 Å². The number of carbonyl (C=O) groups excluding carboxylic acids is 2. The topological polar surface area (TPSA) is 70.9 Å². The first-order chi connectivity index (χ1) is 13.0. The molecule has 8 heteroatoms. The lowest BCUT2D eigenvalue weighted by Crippen LogP contribution is -2.49. The molecule has 0 atom stereocenters. The maximum atomic E-state index is 12.6. The number of anilines is 1. The molecule has 2 heterocycles. The van der Waals surface area contributed by atoms with Crippen LogP contribution in [-0.4, -0.2) is 71.9 Å². The highest BCUT2D eigenvalue weighted by Crippen LogP contribution is 2.16. The van der Waals surface area contributed by atoms with Crippen molar-refractivity contribution in [3.63, 3.8) is 0 Å². The fourth-order valence-corrected chi connectivity index (χ4v) is 3.04. The number of rotatable bonds is 4. The zero-order valence-electron chi connectivity index (χ0n) is 16.0. The van der Waals surface area contributed by atoms with Gasteiger partial charge in [0.2, 0.25) is 5.91 Å². The Bertz CT molecular complexity index is 811. The number of nitrogens with zero attached hydrogens (tertiary/aromatic N) is 5. The van der Waals surface area contributed by atoms with Crippen LogP contribution < -0.4 is 9.64 Å². The Morgan fingerprint density at radius 1 is 1.22 bits per heavy atom. The van der Waals surface area contributed by atoms with Crippen LogP contribution in [-0.2, 0) is 11.3 Å². The van der Waals surface area contributed by atoms with Crippen LogP contribution in [0, 0.1) is 0 Å². The summed E-state index contributed by atoms with van der Waals surface area (Å²) in [6.45, 7) is 5.17. The molecule has 0 saturated carbocycles. The summed E-state index contributed by atoms with van der Waals surface area (Å²) in [7, 11) is 3.32. The molecule has 0 spiro atoms. The van der Waals surface area contributed by atoms with E-state index in [9.17, 15) is 9.59 Å². The maximum Gasteiger partial charge on any atom is 0.344 e. The summed E-state index contributed by atoms with van der Waals surface area (Å²) in [4.78, 5) is 29.6. The number of hydrogen-bond donors (Lipinski definition) is 0. The summed E-state index contributed by atoms with van der Waals surface area (Å²) < 4.78 is 6.57. The Labute approximate surface area is 158 Å². The van der Waals surface area contributed by atoms with Crippen LogP contribution in [0.15, 0.2) is 36.7 Å². The van der Waals surface area contributed by atoms with Gasteiger partial charge in [0.25, 0.3) is 0 Å². The highest BCUT2D eigenvalue weighted by atomic mass is 16.5. The van der Waals surface area contributed by atoms with Crippen LogP contribution in [0.3, 0.4) is 0 Å². The molecule has 144 valence electrons. The number of aromatic nitrogens is 2. The van der Waals surface area contributed by atoms with E-state index in [0.717, 1.165) is 25.4 Å². The number of methoxy groups -OCH3 is 1. The number of piperazine rings is 1. The minimum atomic E-state index is -0.167. The van der Waals surface area contributed by atoms with Gasteiger partial charge in [0.15, 0.2) is 0 Å². The second-order valence-corrected chi connectivity index (χ2v) is 6.62. The average Bonchev–Trinajstić information content (AvgIpc) is 3.17. The van der Waals surface area contributed by atoms with E-state index >= 15 is 0 Å². The maximum absolute atomic E-state index is 12.6. The van der Waals surface area contributed by atoms with Crippen molar-refractivity contribution in [2.24, 2.45) is 0 Å². The van der Waals surface area contributed by atoms with E-state index in [4.69, 9.17) is 4.74 Å². The van der Waals surface area contributed by atoms with Gasteiger partial charge in [0, 0.05) is 46.7 Å². The summed E-state index contributed by atoms with van der Waals surface area (Å²) in [6, 6.07) is 7.87. The van der Waals surface area contributed by atoms with E-state index < -0.39 is 0 Å². The van der Waals surface area contributed by atoms with Gasteiger partial charge in [-0.2, -0.15) is 9.78 Å². The smallest absolute Gasteiger partial charge is 0.344 e. The van der Waals surface area contributed by atoms with Crippen molar-refractivity contribution in [1.29, 1.82) is 0 Å². The Hall–Kier alpha value is -2.87. The first-order valence-corrected chi connectivity index (χ1v) is 8.91. The van der Waals surface area contributed by atoms with Gasteiger partial charge in [-0.3, -0.25) is 9.69 Å².